The second-order valence-electron chi connectivity index (χ2n) is 3.74. The summed E-state index contributed by atoms with van der Waals surface area (Å²) in [5.41, 5.74) is 4.58. The maximum atomic E-state index is 11.3. The van der Waals surface area contributed by atoms with E-state index in [-0.39, 0.29) is 5.69 Å². The number of aryl methyl sites for hydroxylation is 2. The average Bonchev–Trinajstić information content (AvgIpc) is 2.29. The van der Waals surface area contributed by atoms with E-state index in [9.17, 15) is 4.79 Å². The molecule has 1 aromatic heterocycles. The molecule has 0 saturated carbocycles. The molecule has 16 heavy (non-hydrogen) atoms. The third kappa shape index (κ3) is 1.63. The van der Waals surface area contributed by atoms with Crippen molar-refractivity contribution >= 4 is 16.8 Å². The number of rotatable bonds is 1. The fourth-order valence-electron chi connectivity index (χ4n) is 1.73. The maximum Gasteiger partial charge on any atom is 0.293 e. The number of pyridine rings is 1. The van der Waals surface area contributed by atoms with Crippen molar-refractivity contribution in [3.05, 3.63) is 41.1 Å². The summed E-state index contributed by atoms with van der Waals surface area (Å²) in [6.45, 7) is 3.85. The van der Waals surface area contributed by atoms with Gasteiger partial charge in [-0.1, -0.05) is 18.2 Å². The van der Waals surface area contributed by atoms with Gasteiger partial charge < -0.3 is 0 Å². The Labute approximate surface area is 92.9 Å². The van der Waals surface area contributed by atoms with Crippen LogP contribution < -0.4 is 5.48 Å². The van der Waals surface area contributed by atoms with Crippen LogP contribution in [-0.2, 0) is 0 Å². The Balaban J connectivity index is 2.75. The number of carbonyl (C=O) groups excluding carboxylic acids is 1. The van der Waals surface area contributed by atoms with E-state index < -0.39 is 5.91 Å². The first-order valence-corrected chi connectivity index (χ1v) is 4.95. The number of nitrogens with one attached hydrogen (secondary N) is 1. The Kier molecular flexibility index (Phi) is 2.58. The number of fused-ring (bicyclic) bond motifs is 1. The second kappa shape index (κ2) is 3.90. The lowest BCUT2D eigenvalue weighted by molar-refractivity contribution is 0.0701. The molecule has 0 radical (unpaired) electrons. The van der Waals surface area contributed by atoms with E-state index in [1.807, 2.05) is 32.0 Å². The highest BCUT2D eigenvalue weighted by Crippen LogP contribution is 2.20. The predicted molar refractivity (Wildman–Crippen MR) is 60.5 cm³/mol. The first kappa shape index (κ1) is 10.6. The van der Waals surface area contributed by atoms with E-state index in [1.165, 1.54) is 0 Å². The van der Waals surface area contributed by atoms with Crippen LogP contribution in [0.5, 0.6) is 0 Å². The van der Waals surface area contributed by atoms with Crippen molar-refractivity contribution in [2.45, 2.75) is 13.8 Å². The molecule has 1 aromatic carbocycles. The molecular formula is C12H12N2O2. The number of hydrogen-bond acceptors (Lipinski definition) is 3. The summed E-state index contributed by atoms with van der Waals surface area (Å²) in [6.07, 6.45) is 0. The monoisotopic (exact) mass is 216 g/mol. The first-order chi connectivity index (χ1) is 7.63. The molecule has 0 spiro atoms. The molecule has 0 bridgehead atoms. The largest absolute Gasteiger partial charge is 0.293 e. The fourth-order valence-corrected chi connectivity index (χ4v) is 1.73. The van der Waals surface area contributed by atoms with Gasteiger partial charge in [0.1, 0.15) is 5.69 Å². The van der Waals surface area contributed by atoms with E-state index in [2.05, 4.69) is 4.98 Å². The summed E-state index contributed by atoms with van der Waals surface area (Å²) in [7, 11) is 0. The minimum absolute atomic E-state index is 0.224. The standard InChI is InChI=1S/C12H12N2O2/c1-7-4-3-5-9-8(2)6-10(12(15)14-16)13-11(7)9/h3-6,16H,1-2H3,(H,14,15). The quantitative estimate of drug-likeness (QED) is 0.566. The van der Waals surface area contributed by atoms with Gasteiger partial charge in [-0.25, -0.2) is 10.5 Å². The summed E-state index contributed by atoms with van der Waals surface area (Å²) in [6, 6.07) is 7.52. The van der Waals surface area contributed by atoms with Gasteiger partial charge in [-0.15, -0.1) is 0 Å². The van der Waals surface area contributed by atoms with Crippen molar-refractivity contribution in [3.8, 4) is 0 Å². The molecule has 2 N–H and O–H groups in total. The Hall–Kier alpha value is -1.94. The van der Waals surface area contributed by atoms with Crippen molar-refractivity contribution < 1.29 is 10.0 Å². The summed E-state index contributed by atoms with van der Waals surface area (Å²) < 4.78 is 0. The Morgan fingerprint density at radius 3 is 2.75 bits per heavy atom. The average molecular weight is 216 g/mol. The van der Waals surface area contributed by atoms with Gasteiger partial charge in [0.25, 0.3) is 5.91 Å². The highest BCUT2D eigenvalue weighted by molar-refractivity contribution is 5.95. The molecule has 0 saturated heterocycles. The molecule has 2 rings (SSSR count). The van der Waals surface area contributed by atoms with E-state index in [1.54, 1.807) is 11.5 Å². The Morgan fingerprint density at radius 1 is 1.31 bits per heavy atom. The summed E-state index contributed by atoms with van der Waals surface area (Å²) in [5, 5.41) is 9.60. The molecule has 1 amide bonds. The molecule has 82 valence electrons. The van der Waals surface area contributed by atoms with Crippen molar-refractivity contribution in [1.29, 1.82) is 0 Å². The highest BCUT2D eigenvalue weighted by atomic mass is 16.5. The summed E-state index contributed by atoms with van der Waals surface area (Å²) in [5.74, 6) is -0.590. The van der Waals surface area contributed by atoms with Crippen LogP contribution in [0.2, 0.25) is 0 Å². The predicted octanol–water partition coefficient (Wildman–Crippen LogP) is 1.97. The van der Waals surface area contributed by atoms with Crippen LogP contribution >= 0.6 is 0 Å². The number of para-hydroxylation sites is 1. The molecule has 2 aromatic rings. The molecule has 4 nitrogen and oxygen atoms in total. The summed E-state index contributed by atoms with van der Waals surface area (Å²) in [4.78, 5) is 15.5. The Morgan fingerprint density at radius 2 is 2.06 bits per heavy atom. The Bertz CT molecular complexity index is 564. The van der Waals surface area contributed by atoms with E-state index in [4.69, 9.17) is 5.21 Å². The van der Waals surface area contributed by atoms with Crippen molar-refractivity contribution in [2.75, 3.05) is 0 Å². The van der Waals surface area contributed by atoms with Crippen LogP contribution in [-0.4, -0.2) is 16.1 Å². The second-order valence-corrected chi connectivity index (χ2v) is 3.74. The van der Waals surface area contributed by atoms with E-state index >= 15 is 0 Å². The van der Waals surface area contributed by atoms with Crippen molar-refractivity contribution in [3.63, 3.8) is 0 Å². The minimum Gasteiger partial charge on any atom is -0.288 e. The van der Waals surface area contributed by atoms with E-state index in [0.717, 1.165) is 22.0 Å². The van der Waals surface area contributed by atoms with Crippen LogP contribution in [0.25, 0.3) is 10.9 Å². The lowest BCUT2D eigenvalue weighted by atomic mass is 10.1. The molecule has 0 aliphatic rings. The number of benzene rings is 1. The van der Waals surface area contributed by atoms with Gasteiger partial charge in [-0.3, -0.25) is 10.0 Å². The van der Waals surface area contributed by atoms with Gasteiger partial charge in [0.2, 0.25) is 0 Å². The minimum atomic E-state index is -0.590. The number of nitrogens with zero attached hydrogens (tertiary/aromatic N) is 1. The molecule has 0 fully saturated rings. The van der Waals surface area contributed by atoms with Crippen LogP contribution in [0.3, 0.4) is 0 Å². The van der Waals surface area contributed by atoms with Crippen LogP contribution in [0.1, 0.15) is 21.6 Å². The lowest BCUT2D eigenvalue weighted by Gasteiger charge is -2.06. The zero-order valence-corrected chi connectivity index (χ0v) is 9.11. The van der Waals surface area contributed by atoms with Crippen LogP contribution in [0.4, 0.5) is 0 Å². The smallest absolute Gasteiger partial charge is 0.288 e. The molecule has 0 aliphatic carbocycles. The van der Waals surface area contributed by atoms with Crippen LogP contribution in [0, 0.1) is 13.8 Å². The topological polar surface area (TPSA) is 62.2 Å². The van der Waals surface area contributed by atoms with Gasteiger partial charge >= 0.3 is 0 Å². The number of amides is 1. The SMILES string of the molecule is Cc1cc(C(=O)NO)nc2c(C)cccc12. The van der Waals surface area contributed by atoms with Gasteiger partial charge in [0.15, 0.2) is 0 Å². The molecule has 0 unspecified atom stereocenters. The summed E-state index contributed by atoms with van der Waals surface area (Å²) >= 11 is 0. The van der Waals surface area contributed by atoms with Gasteiger partial charge in [0, 0.05) is 5.39 Å². The number of hydrogen-bond donors (Lipinski definition) is 2. The van der Waals surface area contributed by atoms with Gasteiger partial charge in [-0.05, 0) is 31.0 Å². The maximum absolute atomic E-state index is 11.3. The molecule has 0 atom stereocenters. The highest BCUT2D eigenvalue weighted by Gasteiger charge is 2.10. The number of hydroxylamine groups is 1. The third-order valence-corrected chi connectivity index (χ3v) is 2.58. The zero-order valence-electron chi connectivity index (χ0n) is 9.11. The van der Waals surface area contributed by atoms with Crippen molar-refractivity contribution in [2.24, 2.45) is 0 Å². The molecular weight excluding hydrogens is 204 g/mol. The van der Waals surface area contributed by atoms with E-state index in [0.29, 0.717) is 0 Å². The van der Waals surface area contributed by atoms with Gasteiger partial charge in [-0.2, -0.15) is 0 Å². The van der Waals surface area contributed by atoms with Gasteiger partial charge in [0.05, 0.1) is 5.52 Å². The first-order valence-electron chi connectivity index (χ1n) is 4.95. The van der Waals surface area contributed by atoms with Crippen LogP contribution in [0.15, 0.2) is 24.3 Å². The fraction of sp³-hybridized carbons (Fsp3) is 0.167. The number of aromatic nitrogens is 1. The zero-order chi connectivity index (χ0) is 11.7. The molecule has 1 heterocycles. The lowest BCUT2D eigenvalue weighted by Crippen LogP contribution is -2.20. The molecule has 0 aliphatic heterocycles. The normalized spacial score (nSPS) is 10.4. The molecule has 4 heteroatoms. The van der Waals surface area contributed by atoms with Crippen molar-refractivity contribution in [1.82, 2.24) is 10.5 Å². The third-order valence-electron chi connectivity index (χ3n) is 2.58. The number of carbonyl (C=O) groups is 1.